The second kappa shape index (κ2) is 6.70. The van der Waals surface area contributed by atoms with Gasteiger partial charge in [-0.3, -0.25) is 4.79 Å². The summed E-state index contributed by atoms with van der Waals surface area (Å²) >= 11 is 0. The van der Waals surface area contributed by atoms with Crippen LogP contribution in [0.3, 0.4) is 0 Å². The maximum atomic E-state index is 12.0. The number of amides is 1. The van der Waals surface area contributed by atoms with Crippen LogP contribution in [0.25, 0.3) is 0 Å². The predicted octanol–water partition coefficient (Wildman–Crippen LogP) is 1.53. The van der Waals surface area contributed by atoms with E-state index in [9.17, 15) is 4.79 Å². The normalized spacial score (nSPS) is 10.4. The van der Waals surface area contributed by atoms with E-state index in [2.05, 4.69) is 15.3 Å². The van der Waals surface area contributed by atoms with Crippen molar-refractivity contribution in [1.82, 2.24) is 15.3 Å². The first kappa shape index (κ1) is 13.3. The number of imidazole rings is 1. The standard InChI is InChI=1S/C14H17N3O2/c1-19-9-11-3-2-4-12(7-11)14(18)16-6-5-13-8-15-10-17-13/h2-4,7-8,10H,5-6,9H2,1H3,(H,15,17)(H,16,18). The fourth-order valence-electron chi connectivity index (χ4n) is 1.80. The molecule has 0 fully saturated rings. The highest BCUT2D eigenvalue weighted by molar-refractivity contribution is 5.94. The maximum absolute atomic E-state index is 12.0. The SMILES string of the molecule is COCc1cccc(C(=O)NCCc2cnc[nH]2)c1. The number of H-pyrrole nitrogens is 1. The molecule has 1 aromatic heterocycles. The van der Waals surface area contributed by atoms with Gasteiger partial charge in [-0.15, -0.1) is 0 Å². The average molecular weight is 259 g/mol. The van der Waals surface area contributed by atoms with Crippen LogP contribution in [0.15, 0.2) is 36.8 Å². The molecule has 0 aliphatic rings. The summed E-state index contributed by atoms with van der Waals surface area (Å²) in [7, 11) is 1.64. The molecule has 1 amide bonds. The van der Waals surface area contributed by atoms with Crippen molar-refractivity contribution >= 4 is 5.91 Å². The van der Waals surface area contributed by atoms with Gasteiger partial charge in [-0.05, 0) is 17.7 Å². The predicted molar refractivity (Wildman–Crippen MR) is 71.8 cm³/mol. The number of methoxy groups -OCH3 is 1. The molecule has 2 aromatic rings. The highest BCUT2D eigenvalue weighted by Gasteiger charge is 2.05. The maximum Gasteiger partial charge on any atom is 0.251 e. The smallest absolute Gasteiger partial charge is 0.251 e. The fraction of sp³-hybridized carbons (Fsp3) is 0.286. The van der Waals surface area contributed by atoms with E-state index in [4.69, 9.17) is 4.74 Å². The summed E-state index contributed by atoms with van der Waals surface area (Å²) in [5.74, 6) is -0.0718. The number of nitrogens with zero attached hydrogens (tertiary/aromatic N) is 1. The zero-order valence-corrected chi connectivity index (χ0v) is 10.8. The lowest BCUT2D eigenvalue weighted by molar-refractivity contribution is 0.0953. The summed E-state index contributed by atoms with van der Waals surface area (Å²) in [5.41, 5.74) is 2.65. The lowest BCUT2D eigenvalue weighted by atomic mass is 10.1. The van der Waals surface area contributed by atoms with Gasteiger partial charge in [0.05, 0.1) is 12.9 Å². The third-order valence-electron chi connectivity index (χ3n) is 2.73. The van der Waals surface area contributed by atoms with E-state index >= 15 is 0 Å². The molecule has 0 spiro atoms. The van der Waals surface area contributed by atoms with Crippen LogP contribution in [-0.4, -0.2) is 29.5 Å². The molecule has 2 rings (SSSR count). The first-order chi connectivity index (χ1) is 9.29. The van der Waals surface area contributed by atoms with E-state index < -0.39 is 0 Å². The van der Waals surface area contributed by atoms with Crippen molar-refractivity contribution in [2.45, 2.75) is 13.0 Å². The molecule has 1 heterocycles. The summed E-state index contributed by atoms with van der Waals surface area (Å²) in [6.07, 6.45) is 4.13. The van der Waals surface area contributed by atoms with Gasteiger partial charge >= 0.3 is 0 Å². The van der Waals surface area contributed by atoms with Crippen LogP contribution in [0.2, 0.25) is 0 Å². The second-order valence-electron chi connectivity index (χ2n) is 4.22. The van der Waals surface area contributed by atoms with Crippen LogP contribution in [0.4, 0.5) is 0 Å². The molecule has 0 saturated heterocycles. The van der Waals surface area contributed by atoms with Gasteiger partial charge in [0.2, 0.25) is 0 Å². The zero-order valence-electron chi connectivity index (χ0n) is 10.8. The molecule has 0 saturated carbocycles. The van der Waals surface area contributed by atoms with E-state index in [1.54, 1.807) is 25.7 Å². The number of ether oxygens (including phenoxy) is 1. The van der Waals surface area contributed by atoms with E-state index in [-0.39, 0.29) is 5.91 Å². The van der Waals surface area contributed by atoms with Crippen LogP contribution in [0, 0.1) is 0 Å². The van der Waals surface area contributed by atoms with Crippen LogP contribution < -0.4 is 5.32 Å². The van der Waals surface area contributed by atoms with E-state index in [1.807, 2.05) is 18.2 Å². The van der Waals surface area contributed by atoms with Crippen LogP contribution >= 0.6 is 0 Å². The molecule has 5 heteroatoms. The molecule has 0 unspecified atom stereocenters. The quantitative estimate of drug-likeness (QED) is 0.826. The second-order valence-corrected chi connectivity index (χ2v) is 4.22. The number of nitrogens with one attached hydrogen (secondary N) is 2. The molecule has 19 heavy (non-hydrogen) atoms. The van der Waals surface area contributed by atoms with Gasteiger partial charge in [0.25, 0.3) is 5.91 Å². The van der Waals surface area contributed by atoms with Crippen molar-refractivity contribution in [2.75, 3.05) is 13.7 Å². The Hall–Kier alpha value is -2.14. The van der Waals surface area contributed by atoms with Gasteiger partial charge in [0, 0.05) is 37.5 Å². The molecular weight excluding hydrogens is 242 g/mol. The number of benzene rings is 1. The zero-order chi connectivity index (χ0) is 13.5. The summed E-state index contributed by atoms with van der Waals surface area (Å²) < 4.78 is 5.05. The van der Waals surface area contributed by atoms with E-state index in [0.29, 0.717) is 18.7 Å². The van der Waals surface area contributed by atoms with Gasteiger partial charge in [0.1, 0.15) is 0 Å². The summed E-state index contributed by atoms with van der Waals surface area (Å²) in [4.78, 5) is 18.9. The van der Waals surface area contributed by atoms with Crippen molar-refractivity contribution in [1.29, 1.82) is 0 Å². The molecular formula is C14H17N3O2. The number of hydrogen-bond donors (Lipinski definition) is 2. The highest BCUT2D eigenvalue weighted by Crippen LogP contribution is 2.06. The summed E-state index contributed by atoms with van der Waals surface area (Å²) in [5, 5.41) is 2.88. The first-order valence-electron chi connectivity index (χ1n) is 6.13. The van der Waals surface area contributed by atoms with Gasteiger partial charge < -0.3 is 15.0 Å². The van der Waals surface area contributed by atoms with Crippen molar-refractivity contribution < 1.29 is 9.53 Å². The molecule has 0 aliphatic heterocycles. The Labute approximate surface area is 112 Å². The van der Waals surface area contributed by atoms with Crippen molar-refractivity contribution in [3.8, 4) is 0 Å². The first-order valence-corrected chi connectivity index (χ1v) is 6.13. The Morgan fingerprint density at radius 1 is 1.47 bits per heavy atom. The van der Waals surface area contributed by atoms with Crippen molar-refractivity contribution in [2.24, 2.45) is 0 Å². The Balaban J connectivity index is 1.87. The molecule has 0 bridgehead atoms. The monoisotopic (exact) mass is 259 g/mol. The average Bonchev–Trinajstić information content (AvgIpc) is 2.92. The number of carbonyl (C=O) groups excluding carboxylic acids is 1. The summed E-state index contributed by atoms with van der Waals surface area (Å²) in [6.45, 7) is 1.09. The number of rotatable bonds is 6. The molecule has 1 aromatic carbocycles. The molecule has 100 valence electrons. The summed E-state index contributed by atoms with van der Waals surface area (Å²) in [6, 6.07) is 7.43. The Kier molecular flexibility index (Phi) is 4.69. The number of aromatic nitrogens is 2. The number of aromatic amines is 1. The molecule has 5 nitrogen and oxygen atoms in total. The lowest BCUT2D eigenvalue weighted by Crippen LogP contribution is -2.25. The third kappa shape index (κ3) is 3.93. The van der Waals surface area contributed by atoms with Gasteiger partial charge in [0.15, 0.2) is 0 Å². The lowest BCUT2D eigenvalue weighted by Gasteiger charge is -2.06. The Morgan fingerprint density at radius 2 is 2.37 bits per heavy atom. The van der Waals surface area contributed by atoms with Crippen molar-refractivity contribution in [3.05, 3.63) is 53.6 Å². The third-order valence-corrected chi connectivity index (χ3v) is 2.73. The largest absolute Gasteiger partial charge is 0.380 e. The Bertz CT molecular complexity index is 523. The molecule has 2 N–H and O–H groups in total. The minimum absolute atomic E-state index is 0.0718. The Morgan fingerprint density at radius 3 is 3.11 bits per heavy atom. The van der Waals surface area contributed by atoms with Gasteiger partial charge in [-0.25, -0.2) is 4.98 Å². The van der Waals surface area contributed by atoms with E-state index in [0.717, 1.165) is 17.7 Å². The van der Waals surface area contributed by atoms with E-state index in [1.165, 1.54) is 0 Å². The van der Waals surface area contributed by atoms with Crippen LogP contribution in [-0.2, 0) is 17.8 Å². The molecule has 0 aliphatic carbocycles. The molecule has 0 atom stereocenters. The van der Waals surface area contributed by atoms with Gasteiger partial charge in [-0.2, -0.15) is 0 Å². The minimum atomic E-state index is -0.0718. The van der Waals surface area contributed by atoms with Crippen LogP contribution in [0.5, 0.6) is 0 Å². The number of carbonyl (C=O) groups is 1. The van der Waals surface area contributed by atoms with Crippen LogP contribution in [0.1, 0.15) is 21.6 Å². The van der Waals surface area contributed by atoms with Gasteiger partial charge in [-0.1, -0.05) is 12.1 Å². The number of hydrogen-bond acceptors (Lipinski definition) is 3. The minimum Gasteiger partial charge on any atom is -0.380 e. The highest BCUT2D eigenvalue weighted by atomic mass is 16.5. The van der Waals surface area contributed by atoms with Crippen molar-refractivity contribution in [3.63, 3.8) is 0 Å². The topological polar surface area (TPSA) is 67.0 Å². The fourth-order valence-corrected chi connectivity index (χ4v) is 1.80. The molecule has 0 radical (unpaired) electrons.